The number of aromatic nitrogens is 4. The van der Waals surface area contributed by atoms with E-state index in [9.17, 15) is 14.4 Å². The maximum atomic E-state index is 10.9. The van der Waals surface area contributed by atoms with Crippen molar-refractivity contribution in [1.29, 1.82) is 0 Å². The first-order valence-electron chi connectivity index (χ1n) is 3.11. The number of hydrogen-bond acceptors (Lipinski definition) is 3. The third kappa shape index (κ3) is 1.56. The van der Waals surface area contributed by atoms with Crippen molar-refractivity contribution in [2.24, 2.45) is 0 Å². The minimum Gasteiger partial charge on any atom is -0.300 e. The fourth-order valence-corrected chi connectivity index (χ4v) is 0.958. The summed E-state index contributed by atoms with van der Waals surface area (Å²) in [5.41, 5.74) is -1.65. The smallest absolute Gasteiger partial charge is 0.300 e. The summed E-state index contributed by atoms with van der Waals surface area (Å²) in [6.07, 6.45) is 0. The standard InChI is InChI=1S/C5H4N4O3.HI/c10-3-1-2(7-4(11)6-1)8-5(12)9-3;/h(H4,6,7,8,9,10,11,12);1H. The number of imidazole rings is 1. The summed E-state index contributed by atoms with van der Waals surface area (Å²) < 4.78 is 0. The molecule has 8 heteroatoms. The van der Waals surface area contributed by atoms with Gasteiger partial charge in [0.2, 0.25) is 0 Å². The third-order valence-corrected chi connectivity index (χ3v) is 1.42. The van der Waals surface area contributed by atoms with Crippen LogP contribution in [0.15, 0.2) is 14.4 Å². The molecule has 0 unspecified atom stereocenters. The number of hydrogen-bond donors (Lipinski definition) is 4. The Bertz CT molecular complexity index is 588. The Morgan fingerprint density at radius 2 is 1.31 bits per heavy atom. The molecular weight excluding hydrogens is 291 g/mol. The fraction of sp³-hybridized carbons (Fsp3) is 0. The number of fused-ring (bicyclic) bond motifs is 1. The van der Waals surface area contributed by atoms with Gasteiger partial charge in [0, 0.05) is 0 Å². The molecule has 7 nitrogen and oxygen atoms in total. The Balaban J connectivity index is 0.000000845. The Morgan fingerprint density at radius 1 is 0.769 bits per heavy atom. The van der Waals surface area contributed by atoms with E-state index in [2.05, 4.69) is 15.0 Å². The first kappa shape index (κ1) is 9.77. The summed E-state index contributed by atoms with van der Waals surface area (Å²) in [5.74, 6) is 0. The van der Waals surface area contributed by atoms with Crippen LogP contribution in [-0.4, -0.2) is 19.9 Å². The largest absolute Gasteiger partial charge is 0.327 e. The molecule has 0 saturated heterocycles. The highest BCUT2D eigenvalue weighted by molar-refractivity contribution is 14.0. The second-order valence-electron chi connectivity index (χ2n) is 2.24. The van der Waals surface area contributed by atoms with E-state index in [-0.39, 0.29) is 35.1 Å². The molecule has 2 aromatic heterocycles. The van der Waals surface area contributed by atoms with Crippen LogP contribution in [0.3, 0.4) is 0 Å². The molecule has 0 bridgehead atoms. The van der Waals surface area contributed by atoms with Gasteiger partial charge in [-0.15, -0.1) is 24.0 Å². The van der Waals surface area contributed by atoms with Gasteiger partial charge >= 0.3 is 11.4 Å². The zero-order chi connectivity index (χ0) is 8.72. The molecule has 13 heavy (non-hydrogen) atoms. The Kier molecular flexibility index (Phi) is 2.40. The van der Waals surface area contributed by atoms with Crippen LogP contribution in [0, 0.1) is 0 Å². The minimum absolute atomic E-state index is 0. The quantitative estimate of drug-likeness (QED) is 0.460. The first-order chi connectivity index (χ1) is 5.66. The average molecular weight is 296 g/mol. The first-order valence-corrected chi connectivity index (χ1v) is 3.11. The molecule has 0 spiro atoms. The third-order valence-electron chi connectivity index (χ3n) is 1.42. The van der Waals surface area contributed by atoms with Gasteiger partial charge in [-0.2, -0.15) is 0 Å². The van der Waals surface area contributed by atoms with E-state index >= 15 is 0 Å². The van der Waals surface area contributed by atoms with E-state index in [1.165, 1.54) is 0 Å². The van der Waals surface area contributed by atoms with Crippen molar-refractivity contribution >= 4 is 35.1 Å². The van der Waals surface area contributed by atoms with Crippen molar-refractivity contribution in [3.8, 4) is 0 Å². The fourth-order valence-electron chi connectivity index (χ4n) is 0.958. The van der Waals surface area contributed by atoms with Crippen molar-refractivity contribution in [1.82, 2.24) is 19.9 Å². The highest BCUT2D eigenvalue weighted by Gasteiger charge is 2.02. The van der Waals surface area contributed by atoms with Gasteiger partial charge in [-0.1, -0.05) is 0 Å². The van der Waals surface area contributed by atoms with Crippen molar-refractivity contribution < 1.29 is 0 Å². The molecule has 2 heterocycles. The van der Waals surface area contributed by atoms with Crippen molar-refractivity contribution in [3.63, 3.8) is 0 Å². The topological polar surface area (TPSA) is 114 Å². The normalized spacial score (nSPS) is 9.85. The Hall–Kier alpha value is -1.32. The van der Waals surface area contributed by atoms with Gasteiger partial charge in [-0.05, 0) is 0 Å². The highest BCUT2D eigenvalue weighted by atomic mass is 127. The van der Waals surface area contributed by atoms with Crippen molar-refractivity contribution in [2.75, 3.05) is 0 Å². The molecule has 2 rings (SSSR count). The summed E-state index contributed by atoms with van der Waals surface area (Å²) in [4.78, 5) is 41.0. The summed E-state index contributed by atoms with van der Waals surface area (Å²) in [7, 11) is 0. The lowest BCUT2D eigenvalue weighted by Crippen LogP contribution is -2.21. The van der Waals surface area contributed by atoms with E-state index in [1.807, 2.05) is 4.98 Å². The van der Waals surface area contributed by atoms with Gasteiger partial charge in [-0.3, -0.25) is 24.7 Å². The second-order valence-corrected chi connectivity index (χ2v) is 2.24. The zero-order valence-electron chi connectivity index (χ0n) is 6.13. The summed E-state index contributed by atoms with van der Waals surface area (Å²) >= 11 is 0. The lowest BCUT2D eigenvalue weighted by atomic mass is 10.5. The number of aromatic amines is 4. The van der Waals surface area contributed by atoms with E-state index in [4.69, 9.17) is 0 Å². The maximum Gasteiger partial charge on any atom is 0.327 e. The van der Waals surface area contributed by atoms with Crippen molar-refractivity contribution in [3.05, 3.63) is 31.3 Å². The molecule has 0 aromatic carbocycles. The average Bonchev–Trinajstić information content (AvgIpc) is 2.29. The predicted molar refractivity (Wildman–Crippen MR) is 55.6 cm³/mol. The van der Waals surface area contributed by atoms with Crippen LogP contribution in [0.4, 0.5) is 0 Å². The van der Waals surface area contributed by atoms with Crippen LogP contribution in [-0.2, 0) is 0 Å². The predicted octanol–water partition coefficient (Wildman–Crippen LogP) is -1.15. The number of halogens is 1. The van der Waals surface area contributed by atoms with Crippen LogP contribution < -0.4 is 16.9 Å². The molecule has 0 radical (unpaired) electrons. The number of nitrogens with one attached hydrogen (secondary N) is 4. The van der Waals surface area contributed by atoms with Gasteiger partial charge in [0.25, 0.3) is 5.56 Å². The monoisotopic (exact) mass is 296 g/mol. The number of rotatable bonds is 0. The van der Waals surface area contributed by atoms with Crippen LogP contribution in [0.1, 0.15) is 0 Å². The van der Waals surface area contributed by atoms with Gasteiger partial charge in [0.15, 0.2) is 0 Å². The molecule has 4 N–H and O–H groups in total. The van der Waals surface area contributed by atoms with Crippen LogP contribution in [0.5, 0.6) is 0 Å². The van der Waals surface area contributed by atoms with E-state index in [0.717, 1.165) is 0 Å². The lowest BCUT2D eigenvalue weighted by Gasteiger charge is -1.83. The van der Waals surface area contributed by atoms with E-state index in [1.54, 1.807) is 0 Å². The second kappa shape index (κ2) is 3.20. The van der Waals surface area contributed by atoms with Crippen molar-refractivity contribution in [2.45, 2.75) is 0 Å². The van der Waals surface area contributed by atoms with Gasteiger partial charge in [0.1, 0.15) is 11.2 Å². The molecule has 2 aromatic rings. The minimum atomic E-state index is -0.650. The molecular formula is C5H5IN4O3. The van der Waals surface area contributed by atoms with Gasteiger partial charge < -0.3 is 0 Å². The van der Waals surface area contributed by atoms with Crippen LogP contribution >= 0.6 is 24.0 Å². The Labute approximate surface area is 86.6 Å². The Morgan fingerprint density at radius 3 is 1.92 bits per heavy atom. The SMILES string of the molecule is I.O=c1[nH]c(=O)c2[nH]c(=O)[nH]c2[nH]1. The zero-order valence-corrected chi connectivity index (χ0v) is 8.46. The molecule has 0 fully saturated rings. The molecule has 0 aliphatic rings. The molecule has 70 valence electrons. The van der Waals surface area contributed by atoms with Crippen LogP contribution in [0.25, 0.3) is 11.2 Å². The molecule has 0 aliphatic carbocycles. The molecule has 0 amide bonds. The lowest BCUT2D eigenvalue weighted by molar-refractivity contribution is 1.07. The summed E-state index contributed by atoms with van der Waals surface area (Å²) in [5, 5.41) is 0. The van der Waals surface area contributed by atoms with E-state index < -0.39 is 16.9 Å². The summed E-state index contributed by atoms with van der Waals surface area (Å²) in [6, 6.07) is 0. The van der Waals surface area contributed by atoms with Gasteiger partial charge in [-0.25, -0.2) is 9.59 Å². The van der Waals surface area contributed by atoms with Gasteiger partial charge in [0.05, 0.1) is 0 Å². The highest BCUT2D eigenvalue weighted by Crippen LogP contribution is 1.88. The van der Waals surface area contributed by atoms with E-state index in [0.29, 0.717) is 0 Å². The molecule has 0 atom stereocenters. The number of H-pyrrole nitrogens is 4. The maximum absolute atomic E-state index is 10.9. The molecule has 0 aliphatic heterocycles. The summed E-state index contributed by atoms with van der Waals surface area (Å²) in [6.45, 7) is 0. The van der Waals surface area contributed by atoms with Crippen LogP contribution in [0.2, 0.25) is 0 Å². The molecule has 0 saturated carbocycles.